The Bertz CT molecular complexity index is 1200. The zero-order valence-corrected chi connectivity index (χ0v) is 18.9. The molecular formula is C19H18ClFN4O4S2. The molecule has 1 fully saturated rings. The maximum Gasteiger partial charge on any atom is 0.338 e. The number of methoxy groups -OCH3 is 1. The van der Waals surface area contributed by atoms with Gasteiger partial charge in [0.2, 0.25) is 10.0 Å². The predicted octanol–water partition coefficient (Wildman–Crippen LogP) is 2.49. The van der Waals surface area contributed by atoms with E-state index in [4.69, 9.17) is 21.3 Å². The molecule has 0 amide bonds. The van der Waals surface area contributed by atoms with Crippen molar-refractivity contribution in [3.8, 4) is 0 Å². The third kappa shape index (κ3) is 4.36. The van der Waals surface area contributed by atoms with Gasteiger partial charge in [-0.25, -0.2) is 27.3 Å². The molecule has 0 saturated carbocycles. The second-order valence-electron chi connectivity index (χ2n) is 7.11. The lowest BCUT2D eigenvalue weighted by atomic mass is 9.94. The van der Waals surface area contributed by atoms with Crippen LogP contribution < -0.4 is 4.72 Å². The number of aliphatic imine (C=N–C) groups is 1. The third-order valence-electron chi connectivity index (χ3n) is 4.93. The molecule has 2 aliphatic rings. The Kier molecular flexibility index (Phi) is 5.86. The number of hydrogen-bond acceptors (Lipinski definition) is 8. The van der Waals surface area contributed by atoms with Crippen LogP contribution >= 0.6 is 22.9 Å². The Balaban J connectivity index is 1.89. The molecule has 12 heteroatoms. The van der Waals surface area contributed by atoms with Crippen LogP contribution in [0.1, 0.15) is 23.0 Å². The summed E-state index contributed by atoms with van der Waals surface area (Å²) < 4.78 is 44.9. The lowest BCUT2D eigenvalue weighted by Crippen LogP contribution is -2.39. The minimum absolute atomic E-state index is 0.117. The fourth-order valence-electron chi connectivity index (χ4n) is 3.80. The molecule has 2 aliphatic heterocycles. The number of rotatable bonds is 5. The van der Waals surface area contributed by atoms with Crippen molar-refractivity contribution in [3.05, 3.63) is 62.5 Å². The van der Waals surface area contributed by atoms with Gasteiger partial charge in [0.1, 0.15) is 11.9 Å². The van der Waals surface area contributed by atoms with Crippen LogP contribution in [0.3, 0.4) is 0 Å². The average Bonchev–Trinajstić information content (AvgIpc) is 3.34. The molecule has 8 nitrogen and oxygen atoms in total. The van der Waals surface area contributed by atoms with Crippen LogP contribution in [0.5, 0.6) is 0 Å². The van der Waals surface area contributed by atoms with Crippen molar-refractivity contribution >= 4 is 44.8 Å². The molecule has 1 aromatic carbocycles. The monoisotopic (exact) mass is 484 g/mol. The molecule has 1 N–H and O–H groups in total. The van der Waals surface area contributed by atoms with E-state index in [-0.39, 0.29) is 23.6 Å². The van der Waals surface area contributed by atoms with E-state index in [1.807, 2.05) is 0 Å². The highest BCUT2D eigenvalue weighted by molar-refractivity contribution is 7.88. The number of halogens is 2. The van der Waals surface area contributed by atoms with Crippen molar-refractivity contribution in [2.45, 2.75) is 18.5 Å². The van der Waals surface area contributed by atoms with E-state index >= 15 is 0 Å². The highest BCUT2D eigenvalue weighted by Crippen LogP contribution is 2.42. The number of amidine groups is 1. The summed E-state index contributed by atoms with van der Waals surface area (Å²) >= 11 is 7.66. The van der Waals surface area contributed by atoms with Gasteiger partial charge in [0.15, 0.2) is 10.8 Å². The molecule has 2 atom stereocenters. The van der Waals surface area contributed by atoms with Gasteiger partial charge in [0.25, 0.3) is 0 Å². The van der Waals surface area contributed by atoms with Gasteiger partial charge in [-0.1, -0.05) is 17.7 Å². The quantitative estimate of drug-likeness (QED) is 0.654. The van der Waals surface area contributed by atoms with Crippen LogP contribution in [0.25, 0.3) is 0 Å². The summed E-state index contributed by atoms with van der Waals surface area (Å²) in [5.41, 5.74) is 1.23. The van der Waals surface area contributed by atoms with Crippen molar-refractivity contribution < 1.29 is 22.3 Å². The molecule has 0 radical (unpaired) electrons. The van der Waals surface area contributed by atoms with E-state index in [0.717, 1.165) is 12.3 Å². The number of aromatic nitrogens is 1. The molecule has 0 unspecified atom stereocenters. The van der Waals surface area contributed by atoms with Gasteiger partial charge < -0.3 is 9.64 Å². The van der Waals surface area contributed by atoms with Crippen LogP contribution in [0.15, 0.2) is 46.0 Å². The van der Waals surface area contributed by atoms with E-state index in [1.54, 1.807) is 16.5 Å². The number of carbonyl (C=O) groups excluding carboxylic acids is 1. The van der Waals surface area contributed by atoms with Gasteiger partial charge in [-0.3, -0.25) is 4.99 Å². The first-order chi connectivity index (χ1) is 14.7. The number of carbonyl (C=O) groups is 1. The number of nitrogens with one attached hydrogen (secondary N) is 1. The van der Waals surface area contributed by atoms with Crippen molar-refractivity contribution in [1.29, 1.82) is 0 Å². The van der Waals surface area contributed by atoms with Crippen LogP contribution in [0.2, 0.25) is 5.02 Å². The topological polar surface area (TPSA) is 101 Å². The largest absolute Gasteiger partial charge is 0.466 e. The van der Waals surface area contributed by atoms with E-state index in [9.17, 15) is 17.6 Å². The molecule has 3 heterocycles. The molecule has 0 bridgehead atoms. The van der Waals surface area contributed by atoms with Crippen molar-refractivity contribution in [2.75, 3.05) is 19.9 Å². The maximum absolute atomic E-state index is 13.7. The highest BCUT2D eigenvalue weighted by atomic mass is 35.5. The Morgan fingerprint density at radius 1 is 1.42 bits per heavy atom. The van der Waals surface area contributed by atoms with Gasteiger partial charge in [-0.05, 0) is 12.1 Å². The molecule has 0 aliphatic carbocycles. The summed E-state index contributed by atoms with van der Waals surface area (Å²) in [6.45, 7) is 0.269. The third-order valence-corrected chi connectivity index (χ3v) is 6.78. The molecule has 0 spiro atoms. The Hall–Kier alpha value is -2.34. The molecule has 1 aromatic heterocycles. The molecular weight excluding hydrogens is 467 g/mol. The fraction of sp³-hybridized carbons (Fsp3) is 0.316. The van der Waals surface area contributed by atoms with Gasteiger partial charge in [-0.2, -0.15) is 0 Å². The smallest absolute Gasteiger partial charge is 0.338 e. The minimum Gasteiger partial charge on any atom is -0.466 e. The number of thiazole rings is 1. The number of nitrogens with zero attached hydrogens (tertiary/aromatic N) is 3. The Labute approximate surface area is 187 Å². The number of esters is 1. The molecule has 31 heavy (non-hydrogen) atoms. The predicted molar refractivity (Wildman–Crippen MR) is 115 cm³/mol. The molecule has 1 saturated heterocycles. The SMILES string of the molecule is COC(=O)C1=C2C[C@H](NS(C)(=O)=O)CN2C(c2nccs2)=N[C@H]1c1ccc(F)cc1Cl. The second kappa shape index (κ2) is 8.30. The van der Waals surface area contributed by atoms with Crippen LogP contribution in [-0.4, -0.2) is 56.1 Å². The summed E-state index contributed by atoms with van der Waals surface area (Å²) in [7, 11) is -2.22. The number of ether oxygens (including phenoxy) is 1. The molecule has 2 aromatic rings. The van der Waals surface area contributed by atoms with E-state index in [1.165, 1.54) is 30.6 Å². The normalized spacial score (nSPS) is 21.2. The average molecular weight is 485 g/mol. The van der Waals surface area contributed by atoms with Crippen LogP contribution in [-0.2, 0) is 19.6 Å². The molecule has 164 valence electrons. The second-order valence-corrected chi connectivity index (χ2v) is 10.2. The Morgan fingerprint density at radius 3 is 2.81 bits per heavy atom. The molecule has 4 rings (SSSR count). The van der Waals surface area contributed by atoms with Gasteiger partial charge in [0.05, 0.1) is 18.9 Å². The lowest BCUT2D eigenvalue weighted by molar-refractivity contribution is -0.136. The first kappa shape index (κ1) is 21.9. The summed E-state index contributed by atoms with van der Waals surface area (Å²) in [6.07, 6.45) is 2.96. The lowest BCUT2D eigenvalue weighted by Gasteiger charge is -2.31. The number of benzene rings is 1. The zero-order chi connectivity index (χ0) is 22.3. The van der Waals surface area contributed by atoms with Gasteiger partial charge in [-0.15, -0.1) is 11.3 Å². The summed E-state index contributed by atoms with van der Waals surface area (Å²) in [4.78, 5) is 23.7. The number of sulfonamides is 1. The van der Waals surface area contributed by atoms with Crippen molar-refractivity contribution in [1.82, 2.24) is 14.6 Å². The number of hydrogen-bond donors (Lipinski definition) is 1. The first-order valence-corrected chi connectivity index (χ1v) is 12.3. The van der Waals surface area contributed by atoms with Gasteiger partial charge in [0, 0.05) is 46.9 Å². The number of fused-ring (bicyclic) bond motifs is 1. The summed E-state index contributed by atoms with van der Waals surface area (Å²) in [5, 5.41) is 2.51. The van der Waals surface area contributed by atoms with E-state index < -0.39 is 33.9 Å². The fourth-order valence-corrected chi connectivity index (χ4v) is 5.47. The highest BCUT2D eigenvalue weighted by Gasteiger charge is 2.43. The first-order valence-electron chi connectivity index (χ1n) is 9.16. The van der Waals surface area contributed by atoms with E-state index in [0.29, 0.717) is 22.1 Å². The zero-order valence-electron chi connectivity index (χ0n) is 16.5. The summed E-state index contributed by atoms with van der Waals surface area (Å²) in [5.74, 6) is -0.644. The minimum atomic E-state index is -3.47. The van der Waals surface area contributed by atoms with Crippen LogP contribution in [0.4, 0.5) is 4.39 Å². The standard InChI is InChI=1S/C19H18ClFN4O4S2/c1-29-19(26)15-14-8-11(24-31(2,27)28)9-25(14)17(18-22-5-6-30-18)23-16(15)12-4-3-10(21)7-13(12)20/h3-7,11,16,24H,8-9H2,1-2H3/t11-,16-/m0/s1. The maximum atomic E-state index is 13.7. The van der Waals surface area contributed by atoms with Crippen molar-refractivity contribution in [3.63, 3.8) is 0 Å². The summed E-state index contributed by atoms with van der Waals surface area (Å²) in [6, 6.07) is 2.55. The van der Waals surface area contributed by atoms with Crippen LogP contribution in [0, 0.1) is 5.82 Å². The Morgan fingerprint density at radius 2 is 2.19 bits per heavy atom. The van der Waals surface area contributed by atoms with Gasteiger partial charge >= 0.3 is 5.97 Å². The van der Waals surface area contributed by atoms with Crippen molar-refractivity contribution in [2.24, 2.45) is 4.99 Å². The van der Waals surface area contributed by atoms with E-state index in [2.05, 4.69) is 9.71 Å².